The van der Waals surface area contributed by atoms with Crippen molar-refractivity contribution in [3.8, 4) is 0 Å². The lowest BCUT2D eigenvalue weighted by molar-refractivity contribution is 0.0360. The largest absolute Gasteiger partial charge is 0.379 e. The molecule has 0 unspecified atom stereocenters. The summed E-state index contributed by atoms with van der Waals surface area (Å²) in [7, 11) is 0. The van der Waals surface area contributed by atoms with Crippen LogP contribution in [-0.4, -0.2) is 53.6 Å². The molecule has 24 heavy (non-hydrogen) atoms. The molecule has 0 bridgehead atoms. The molecule has 0 spiro atoms. The Kier molecular flexibility index (Phi) is 5.68. The number of nitrogens with one attached hydrogen (secondary N) is 2. The molecule has 2 N–H and O–H groups in total. The molecule has 1 saturated heterocycles. The Bertz CT molecular complexity index is 685. The predicted molar refractivity (Wildman–Crippen MR) is 93.6 cm³/mol. The van der Waals surface area contributed by atoms with Crippen molar-refractivity contribution in [2.75, 3.05) is 43.5 Å². The Balaban J connectivity index is 1.48. The van der Waals surface area contributed by atoms with Crippen molar-refractivity contribution < 1.29 is 9.53 Å². The van der Waals surface area contributed by atoms with Gasteiger partial charge in [0.05, 0.1) is 42.4 Å². The van der Waals surface area contributed by atoms with Crippen molar-refractivity contribution in [3.63, 3.8) is 0 Å². The van der Waals surface area contributed by atoms with Gasteiger partial charge in [0.2, 0.25) is 0 Å². The topological polar surface area (TPSA) is 71.4 Å². The first-order valence-corrected chi connectivity index (χ1v) is 8.23. The third kappa shape index (κ3) is 4.70. The molecule has 0 radical (unpaired) electrons. The molecule has 1 aliphatic heterocycles. The van der Waals surface area contributed by atoms with E-state index in [-0.39, 0.29) is 6.03 Å². The van der Waals surface area contributed by atoms with E-state index < -0.39 is 0 Å². The average Bonchev–Trinajstić information content (AvgIpc) is 3.03. The lowest BCUT2D eigenvalue weighted by Crippen LogP contribution is -2.38. The Morgan fingerprint density at radius 2 is 2.00 bits per heavy atom. The Morgan fingerprint density at radius 3 is 2.79 bits per heavy atom. The highest BCUT2D eigenvalue weighted by Crippen LogP contribution is 2.20. The van der Waals surface area contributed by atoms with E-state index in [1.54, 1.807) is 18.3 Å². The molecule has 0 atom stereocenters. The number of benzene rings is 1. The lowest BCUT2D eigenvalue weighted by atomic mass is 10.3. The van der Waals surface area contributed by atoms with Gasteiger partial charge < -0.3 is 15.4 Å². The molecular weight excluding hydrogens is 330 g/mol. The second kappa shape index (κ2) is 8.14. The van der Waals surface area contributed by atoms with Gasteiger partial charge in [0, 0.05) is 25.8 Å². The van der Waals surface area contributed by atoms with Crippen molar-refractivity contribution >= 4 is 29.0 Å². The third-order valence-corrected chi connectivity index (χ3v) is 4.09. The number of ether oxygens (including phenoxy) is 1. The molecule has 2 aromatic rings. The SMILES string of the molecule is O=C(Nc1cnn(CCN2CCOCC2)c1)Nc1ccccc1Cl. The number of nitrogens with zero attached hydrogens (tertiary/aromatic N) is 3. The van der Waals surface area contributed by atoms with Crippen LogP contribution in [0.15, 0.2) is 36.7 Å². The number of carbonyl (C=O) groups is 1. The first-order chi connectivity index (χ1) is 11.7. The molecule has 7 nitrogen and oxygen atoms in total. The number of hydrogen-bond donors (Lipinski definition) is 2. The monoisotopic (exact) mass is 349 g/mol. The second-order valence-electron chi connectivity index (χ2n) is 5.51. The van der Waals surface area contributed by atoms with Crippen LogP contribution >= 0.6 is 11.6 Å². The molecule has 1 aliphatic rings. The number of halogens is 1. The lowest BCUT2D eigenvalue weighted by Gasteiger charge is -2.26. The highest BCUT2D eigenvalue weighted by Gasteiger charge is 2.11. The second-order valence-corrected chi connectivity index (χ2v) is 5.91. The smallest absolute Gasteiger partial charge is 0.323 e. The van der Waals surface area contributed by atoms with Gasteiger partial charge in [-0.15, -0.1) is 0 Å². The zero-order valence-electron chi connectivity index (χ0n) is 13.2. The summed E-state index contributed by atoms with van der Waals surface area (Å²) in [4.78, 5) is 14.3. The molecule has 128 valence electrons. The fraction of sp³-hybridized carbons (Fsp3) is 0.375. The minimum Gasteiger partial charge on any atom is -0.379 e. The number of amides is 2. The minimum atomic E-state index is -0.351. The number of rotatable bonds is 5. The van der Waals surface area contributed by atoms with Gasteiger partial charge in [-0.05, 0) is 12.1 Å². The molecule has 0 aliphatic carbocycles. The van der Waals surface area contributed by atoms with Crippen molar-refractivity contribution in [1.82, 2.24) is 14.7 Å². The van der Waals surface area contributed by atoms with Gasteiger partial charge in [-0.25, -0.2) is 4.79 Å². The van der Waals surface area contributed by atoms with Crippen LogP contribution in [0.1, 0.15) is 0 Å². The van der Waals surface area contributed by atoms with Gasteiger partial charge in [-0.3, -0.25) is 9.58 Å². The highest BCUT2D eigenvalue weighted by atomic mass is 35.5. The number of carbonyl (C=O) groups excluding carboxylic acids is 1. The predicted octanol–water partition coefficient (Wildman–Crippen LogP) is 2.51. The van der Waals surface area contributed by atoms with E-state index in [2.05, 4.69) is 20.6 Å². The van der Waals surface area contributed by atoms with E-state index in [0.717, 1.165) is 39.4 Å². The van der Waals surface area contributed by atoms with Gasteiger partial charge in [-0.2, -0.15) is 5.10 Å². The van der Waals surface area contributed by atoms with E-state index in [1.807, 2.05) is 23.0 Å². The molecule has 2 amide bonds. The van der Waals surface area contributed by atoms with Crippen LogP contribution in [0.2, 0.25) is 5.02 Å². The maximum atomic E-state index is 12.0. The number of morpholine rings is 1. The van der Waals surface area contributed by atoms with Crippen molar-refractivity contribution in [2.24, 2.45) is 0 Å². The third-order valence-electron chi connectivity index (χ3n) is 3.76. The first-order valence-electron chi connectivity index (χ1n) is 7.86. The quantitative estimate of drug-likeness (QED) is 0.870. The van der Waals surface area contributed by atoms with Gasteiger partial charge in [0.1, 0.15) is 0 Å². The molecular formula is C16H20ClN5O2. The summed E-state index contributed by atoms with van der Waals surface area (Å²) in [5.74, 6) is 0. The Labute approximate surface area is 145 Å². The molecule has 1 aromatic carbocycles. The van der Waals surface area contributed by atoms with Crippen molar-refractivity contribution in [3.05, 3.63) is 41.7 Å². The summed E-state index contributed by atoms with van der Waals surface area (Å²) in [5, 5.41) is 10.2. The molecule has 1 aromatic heterocycles. The Hall–Kier alpha value is -2.09. The van der Waals surface area contributed by atoms with Crippen LogP contribution in [0.5, 0.6) is 0 Å². The van der Waals surface area contributed by atoms with Gasteiger partial charge in [0.15, 0.2) is 0 Å². The summed E-state index contributed by atoms with van der Waals surface area (Å²) < 4.78 is 7.15. The highest BCUT2D eigenvalue weighted by molar-refractivity contribution is 6.33. The fourth-order valence-electron chi connectivity index (χ4n) is 2.47. The van der Waals surface area contributed by atoms with E-state index in [9.17, 15) is 4.79 Å². The van der Waals surface area contributed by atoms with Gasteiger partial charge in [0.25, 0.3) is 0 Å². The van der Waals surface area contributed by atoms with Crippen LogP contribution in [0.25, 0.3) is 0 Å². The molecule has 1 fully saturated rings. The van der Waals surface area contributed by atoms with Gasteiger partial charge >= 0.3 is 6.03 Å². The van der Waals surface area contributed by atoms with Crippen LogP contribution in [0.3, 0.4) is 0 Å². The summed E-state index contributed by atoms with van der Waals surface area (Å²) in [6, 6.07) is 6.74. The number of urea groups is 1. The molecule has 8 heteroatoms. The van der Waals surface area contributed by atoms with E-state index >= 15 is 0 Å². The van der Waals surface area contributed by atoms with Gasteiger partial charge in [-0.1, -0.05) is 23.7 Å². The summed E-state index contributed by atoms with van der Waals surface area (Å²) in [5.41, 5.74) is 1.21. The average molecular weight is 350 g/mol. The maximum absolute atomic E-state index is 12.0. The minimum absolute atomic E-state index is 0.351. The van der Waals surface area contributed by atoms with Crippen LogP contribution < -0.4 is 10.6 Å². The molecule has 2 heterocycles. The van der Waals surface area contributed by atoms with Crippen molar-refractivity contribution in [2.45, 2.75) is 6.54 Å². The van der Waals surface area contributed by atoms with Crippen LogP contribution in [0.4, 0.5) is 16.2 Å². The summed E-state index contributed by atoms with van der Waals surface area (Å²) in [6.07, 6.45) is 3.44. The summed E-state index contributed by atoms with van der Waals surface area (Å²) >= 11 is 6.02. The van der Waals surface area contributed by atoms with E-state index in [4.69, 9.17) is 16.3 Å². The van der Waals surface area contributed by atoms with E-state index in [0.29, 0.717) is 16.4 Å². The zero-order valence-corrected chi connectivity index (χ0v) is 14.0. The fourth-order valence-corrected chi connectivity index (χ4v) is 2.65. The number of anilines is 2. The number of hydrogen-bond acceptors (Lipinski definition) is 4. The first kappa shape index (κ1) is 16.8. The number of aromatic nitrogens is 2. The zero-order chi connectivity index (χ0) is 16.8. The normalized spacial score (nSPS) is 15.2. The van der Waals surface area contributed by atoms with Crippen LogP contribution in [-0.2, 0) is 11.3 Å². The van der Waals surface area contributed by atoms with E-state index in [1.165, 1.54) is 0 Å². The Morgan fingerprint density at radius 1 is 1.21 bits per heavy atom. The van der Waals surface area contributed by atoms with Crippen molar-refractivity contribution in [1.29, 1.82) is 0 Å². The molecule has 3 rings (SSSR count). The standard InChI is InChI=1S/C16H20ClN5O2/c17-14-3-1-2-4-15(14)20-16(23)19-13-11-18-22(12-13)6-5-21-7-9-24-10-8-21/h1-4,11-12H,5-10H2,(H2,19,20,23). The summed E-state index contributed by atoms with van der Waals surface area (Å²) in [6.45, 7) is 5.16. The van der Waals surface area contributed by atoms with Crippen LogP contribution in [0, 0.1) is 0 Å². The molecule has 0 saturated carbocycles. The number of para-hydroxylation sites is 1. The maximum Gasteiger partial charge on any atom is 0.323 e.